The van der Waals surface area contributed by atoms with Crippen molar-refractivity contribution in [2.24, 2.45) is 16.6 Å². The number of aliphatic imine (C=N–C) groups is 1. The van der Waals surface area contributed by atoms with Gasteiger partial charge in [-0.1, -0.05) is 139 Å². The molecule has 5 aromatic rings. The number of nitrogens with zero attached hydrogens (tertiary/aromatic N) is 1. The lowest BCUT2D eigenvalue weighted by atomic mass is 9.88. The summed E-state index contributed by atoms with van der Waals surface area (Å²) in [6, 6.07) is 34.8. The molecule has 3 aliphatic carbocycles. The topological polar surface area (TPSA) is 38.4 Å². The molecule has 252 valence electrons. The summed E-state index contributed by atoms with van der Waals surface area (Å²) in [5.74, 6) is 0.700. The smallest absolute Gasteiger partial charge is 0.0667 e. The number of thiophene rings is 1. The molecule has 4 unspecified atom stereocenters. The highest BCUT2D eigenvalue weighted by Crippen LogP contribution is 2.49. The molecule has 0 bridgehead atoms. The molecule has 2 N–H and O–H groups in total. The number of hydrogen-bond acceptors (Lipinski definition) is 4. The molecule has 4 heteroatoms. The predicted molar refractivity (Wildman–Crippen MR) is 223 cm³/mol. The van der Waals surface area contributed by atoms with E-state index in [1.807, 2.05) is 23.1 Å². The standard InChI is InChI=1S/C28H24N2S2.C19H18/c1-30-24(18-11-13-22-20-7-3-5-9-26(20)32-28(22)15-18)16-23(29)17-10-12-21-19-6-2-4-8-25(19)31-27(21)14-17;1-15-6-5-9-19(14-15)18-12-10-17(11-13-18)16-7-3-2-4-8-16/h2-9,11-17,22-23,28H,1,10,29H2;3,5-14H,2,4H2,1H3/b24-16-;. The van der Waals surface area contributed by atoms with Gasteiger partial charge in [0.15, 0.2) is 0 Å². The molecule has 0 spiro atoms. The van der Waals surface area contributed by atoms with Crippen molar-refractivity contribution in [2.75, 3.05) is 0 Å². The highest BCUT2D eigenvalue weighted by Gasteiger charge is 2.32. The Kier molecular flexibility index (Phi) is 9.73. The van der Waals surface area contributed by atoms with E-state index in [-0.39, 0.29) is 12.0 Å². The van der Waals surface area contributed by atoms with Gasteiger partial charge in [0.2, 0.25) is 0 Å². The summed E-state index contributed by atoms with van der Waals surface area (Å²) >= 11 is 3.79. The first kappa shape index (κ1) is 33.4. The molecular formula is C47H42N2S2. The van der Waals surface area contributed by atoms with E-state index >= 15 is 0 Å². The molecule has 0 fully saturated rings. The van der Waals surface area contributed by atoms with Gasteiger partial charge in [0.25, 0.3) is 0 Å². The van der Waals surface area contributed by atoms with Crippen molar-refractivity contribution in [1.82, 2.24) is 0 Å². The maximum Gasteiger partial charge on any atom is 0.0667 e. The van der Waals surface area contributed by atoms with E-state index in [9.17, 15) is 0 Å². The van der Waals surface area contributed by atoms with Crippen LogP contribution in [0.4, 0.5) is 0 Å². The summed E-state index contributed by atoms with van der Waals surface area (Å²) in [4.78, 5) is 5.75. The lowest BCUT2D eigenvalue weighted by molar-refractivity contribution is 0.619. The van der Waals surface area contributed by atoms with Crippen LogP contribution in [0.2, 0.25) is 0 Å². The van der Waals surface area contributed by atoms with Crippen molar-refractivity contribution in [3.05, 3.63) is 177 Å². The molecule has 9 rings (SSSR count). The molecule has 4 aromatic carbocycles. The molecule has 4 aliphatic rings. The van der Waals surface area contributed by atoms with Crippen LogP contribution >= 0.6 is 23.1 Å². The van der Waals surface area contributed by atoms with Gasteiger partial charge in [-0.2, -0.15) is 0 Å². The molecule has 0 amide bonds. The van der Waals surface area contributed by atoms with Crippen LogP contribution < -0.4 is 15.5 Å². The highest BCUT2D eigenvalue weighted by atomic mass is 32.2. The third-order valence-electron chi connectivity index (χ3n) is 10.2. The Morgan fingerprint density at radius 2 is 1.69 bits per heavy atom. The first-order valence-electron chi connectivity index (χ1n) is 17.9. The third-order valence-corrected chi connectivity index (χ3v) is 12.7. The minimum Gasteiger partial charge on any atom is -0.324 e. The second-order valence-corrected chi connectivity index (χ2v) is 16.0. The van der Waals surface area contributed by atoms with Crippen molar-refractivity contribution in [3.8, 4) is 11.1 Å². The Balaban J connectivity index is 0.000000168. The Morgan fingerprint density at radius 3 is 2.51 bits per heavy atom. The van der Waals surface area contributed by atoms with E-state index in [1.54, 1.807) is 0 Å². The molecule has 1 aliphatic heterocycles. The number of thioether (sulfide) groups is 1. The summed E-state index contributed by atoms with van der Waals surface area (Å²) < 4.78 is 2.67. The van der Waals surface area contributed by atoms with Gasteiger partial charge in [-0.3, -0.25) is 4.99 Å². The van der Waals surface area contributed by atoms with Crippen LogP contribution in [-0.2, 0) is 0 Å². The van der Waals surface area contributed by atoms with Crippen molar-refractivity contribution in [1.29, 1.82) is 0 Å². The fourth-order valence-corrected chi connectivity index (χ4v) is 10.1. The van der Waals surface area contributed by atoms with Crippen LogP contribution in [-0.4, -0.2) is 18.0 Å². The SMILES string of the molecule is C=N/C(=C\C(N)C1C=c2sc3ccccc3c2=CC1)C1=CC2Sc3ccccc3C2C=C1.Cc1cccc(-c2ccc(C3=CCCC=C3)cc2)c1. The van der Waals surface area contributed by atoms with Gasteiger partial charge in [-0.05, 0) is 95.1 Å². The van der Waals surface area contributed by atoms with Gasteiger partial charge in [-0.25, -0.2) is 0 Å². The Hall–Kier alpha value is -4.74. The summed E-state index contributed by atoms with van der Waals surface area (Å²) in [6.45, 7) is 5.99. The van der Waals surface area contributed by atoms with Crippen LogP contribution in [0.1, 0.15) is 41.9 Å². The number of rotatable bonds is 6. The monoisotopic (exact) mass is 698 g/mol. The van der Waals surface area contributed by atoms with E-state index in [0.717, 1.165) is 24.1 Å². The minimum absolute atomic E-state index is 0.106. The van der Waals surface area contributed by atoms with Crippen molar-refractivity contribution < 1.29 is 0 Å². The molecule has 51 heavy (non-hydrogen) atoms. The van der Waals surface area contributed by atoms with E-state index < -0.39 is 0 Å². The summed E-state index contributed by atoms with van der Waals surface area (Å²) in [6.07, 6.45) is 23.7. The summed E-state index contributed by atoms with van der Waals surface area (Å²) in [5, 5.41) is 3.12. The molecular weight excluding hydrogens is 657 g/mol. The maximum atomic E-state index is 6.69. The predicted octanol–water partition coefficient (Wildman–Crippen LogP) is 10.5. The van der Waals surface area contributed by atoms with Crippen LogP contribution in [0.3, 0.4) is 0 Å². The van der Waals surface area contributed by atoms with Crippen LogP contribution in [0, 0.1) is 12.8 Å². The normalized spacial score (nSPS) is 20.7. The first-order chi connectivity index (χ1) is 25.0. The summed E-state index contributed by atoms with van der Waals surface area (Å²) in [5.41, 5.74) is 16.7. The fraction of sp³-hybridized carbons (Fsp3) is 0.170. The Bertz CT molecular complexity index is 2380. The third kappa shape index (κ3) is 7.10. The Morgan fingerprint density at radius 1 is 0.863 bits per heavy atom. The Labute approximate surface area is 309 Å². The maximum absolute atomic E-state index is 6.69. The van der Waals surface area contributed by atoms with Crippen molar-refractivity contribution in [2.45, 2.75) is 48.3 Å². The van der Waals surface area contributed by atoms with Crippen LogP contribution in [0.15, 0.2) is 161 Å². The van der Waals surface area contributed by atoms with E-state index in [0.29, 0.717) is 11.2 Å². The lowest BCUT2D eigenvalue weighted by Crippen LogP contribution is -2.33. The number of aryl methyl sites for hydroxylation is 1. The quantitative estimate of drug-likeness (QED) is 0.179. The average molecular weight is 699 g/mol. The summed E-state index contributed by atoms with van der Waals surface area (Å²) in [7, 11) is 0. The van der Waals surface area contributed by atoms with Crippen molar-refractivity contribution >= 4 is 57.6 Å². The van der Waals surface area contributed by atoms with Crippen LogP contribution in [0.25, 0.3) is 38.9 Å². The number of allylic oxidation sites excluding steroid dienone is 6. The van der Waals surface area contributed by atoms with E-state index in [1.165, 1.54) is 64.5 Å². The largest absolute Gasteiger partial charge is 0.324 e. The zero-order valence-corrected chi connectivity index (χ0v) is 30.5. The zero-order chi connectivity index (χ0) is 34.7. The number of hydrogen-bond donors (Lipinski definition) is 1. The second-order valence-electron chi connectivity index (χ2n) is 13.6. The van der Waals surface area contributed by atoms with Gasteiger partial charge in [-0.15, -0.1) is 23.1 Å². The molecule has 0 saturated heterocycles. The fourth-order valence-electron chi connectivity index (χ4n) is 7.48. The first-order valence-corrected chi connectivity index (χ1v) is 19.6. The number of fused-ring (bicyclic) bond motifs is 6. The van der Waals surface area contributed by atoms with Gasteiger partial charge in [0.05, 0.1) is 5.70 Å². The van der Waals surface area contributed by atoms with Gasteiger partial charge in [0.1, 0.15) is 0 Å². The minimum atomic E-state index is -0.106. The van der Waals surface area contributed by atoms with E-state index in [2.05, 4.69) is 170 Å². The molecule has 2 nitrogen and oxygen atoms in total. The van der Waals surface area contributed by atoms with E-state index in [4.69, 9.17) is 5.73 Å². The molecule has 4 atom stereocenters. The number of nitrogens with two attached hydrogens (primary N) is 1. The average Bonchev–Trinajstić information content (AvgIpc) is 3.75. The van der Waals surface area contributed by atoms with Gasteiger partial charge >= 0.3 is 0 Å². The zero-order valence-electron chi connectivity index (χ0n) is 28.9. The van der Waals surface area contributed by atoms with Crippen LogP contribution in [0.5, 0.6) is 0 Å². The highest BCUT2D eigenvalue weighted by molar-refractivity contribution is 8.00. The second kappa shape index (κ2) is 14.9. The van der Waals surface area contributed by atoms with Gasteiger partial charge < -0.3 is 5.73 Å². The van der Waals surface area contributed by atoms with Crippen molar-refractivity contribution in [3.63, 3.8) is 0 Å². The van der Waals surface area contributed by atoms with Gasteiger partial charge in [0, 0.05) is 37.3 Å². The molecule has 1 aromatic heterocycles. The molecule has 0 radical (unpaired) electrons. The molecule has 2 heterocycles. The molecule has 0 saturated carbocycles. The number of benzene rings is 4. The lowest BCUT2D eigenvalue weighted by Gasteiger charge is -2.21.